The van der Waals surface area contributed by atoms with Gasteiger partial charge < -0.3 is 39.0 Å². The fraction of sp³-hybridized carbons (Fsp3) is 0.204. The molecule has 3 N–H and O–H groups in total. The maximum absolute atomic E-state index is 11.1. The van der Waals surface area contributed by atoms with Gasteiger partial charge in [0.25, 0.3) is 0 Å². The first-order chi connectivity index (χ1) is 31.9. The first-order valence-corrected chi connectivity index (χ1v) is 20.5. The van der Waals surface area contributed by atoms with Gasteiger partial charge in [-0.2, -0.15) is 5.26 Å². The Hall–Kier alpha value is -8.17. The summed E-state index contributed by atoms with van der Waals surface area (Å²) in [5.74, 6) is -4.60. The Morgan fingerprint density at radius 1 is 0.418 bits per heavy atom. The van der Waals surface area contributed by atoms with Crippen molar-refractivity contribution in [3.05, 3.63) is 177 Å². The molecule has 0 spiro atoms. The zero-order valence-electron chi connectivity index (χ0n) is 37.1. The van der Waals surface area contributed by atoms with Crippen molar-refractivity contribution in [2.24, 2.45) is 0 Å². The molecule has 0 amide bonds. The molecule has 5 aromatic carbocycles. The molecule has 0 radical (unpaired) electrons. The summed E-state index contributed by atoms with van der Waals surface area (Å²) in [7, 11) is 6.68. The molecule has 0 aromatic heterocycles. The minimum Gasteiger partial charge on any atom is -0.481 e. The van der Waals surface area contributed by atoms with Crippen LogP contribution < -0.4 is 0 Å². The van der Waals surface area contributed by atoms with Crippen LogP contribution in [0.2, 0.25) is 0 Å². The number of hydrogen-bond acceptors (Lipinski definition) is 14. The van der Waals surface area contributed by atoms with E-state index in [2.05, 4.69) is 39.6 Å². The van der Waals surface area contributed by atoms with Crippen LogP contribution in [0.1, 0.15) is 79.6 Å². The molecule has 67 heavy (non-hydrogen) atoms. The molecule has 0 fully saturated rings. The van der Waals surface area contributed by atoms with Gasteiger partial charge in [0, 0.05) is 5.33 Å². The Labute approximate surface area is 394 Å². The number of carboxylic acid groups (broad SMARTS) is 3. The zero-order chi connectivity index (χ0) is 50.3. The number of halogens is 1. The second-order valence-corrected chi connectivity index (χ2v) is 13.7. The third-order valence-corrected chi connectivity index (χ3v) is 9.07. The number of nitriles is 1. The van der Waals surface area contributed by atoms with Crippen molar-refractivity contribution in [2.45, 2.75) is 31.0 Å². The number of aliphatic carboxylic acids is 2. The predicted octanol–water partition coefficient (Wildman–Crippen LogP) is 7.21. The van der Waals surface area contributed by atoms with E-state index >= 15 is 0 Å². The number of ether oxygens (including phenoxy) is 5. The minimum atomic E-state index is -1.01. The second kappa shape index (κ2) is 31.6. The highest BCUT2D eigenvalue weighted by molar-refractivity contribution is 9.08. The lowest BCUT2D eigenvalue weighted by Gasteiger charge is -2.01. The van der Waals surface area contributed by atoms with Gasteiger partial charge in [0.2, 0.25) is 0 Å². The van der Waals surface area contributed by atoms with E-state index < -0.39 is 23.9 Å². The summed E-state index contributed by atoms with van der Waals surface area (Å²) in [5.41, 5.74) is 6.23. The van der Waals surface area contributed by atoms with Gasteiger partial charge in [-0.05, 0) is 88.5 Å². The number of esters is 5. The lowest BCUT2D eigenvalue weighted by molar-refractivity contribution is -0.140. The van der Waals surface area contributed by atoms with Gasteiger partial charge in [0.05, 0.1) is 95.1 Å². The Balaban J connectivity index is 0.000000420. The van der Waals surface area contributed by atoms with Crippen LogP contribution in [-0.4, -0.2) is 98.6 Å². The van der Waals surface area contributed by atoms with Crippen molar-refractivity contribution >= 4 is 63.7 Å². The monoisotopic (exact) mass is 985 g/mol. The molecule has 17 nitrogen and oxygen atoms in total. The lowest BCUT2D eigenvalue weighted by atomic mass is 10.1. The van der Waals surface area contributed by atoms with E-state index in [0.717, 1.165) is 22.0 Å². The highest BCUT2D eigenvalue weighted by Gasteiger charge is 2.09. The summed E-state index contributed by atoms with van der Waals surface area (Å²) in [6.07, 6.45) is 0.445. The Kier molecular flexibility index (Phi) is 26.8. The van der Waals surface area contributed by atoms with Gasteiger partial charge in [-0.1, -0.05) is 76.6 Å². The lowest BCUT2D eigenvalue weighted by Crippen LogP contribution is -2.05. The molecule has 0 atom stereocenters. The van der Waals surface area contributed by atoms with Crippen molar-refractivity contribution in [2.75, 3.05) is 35.5 Å². The summed E-state index contributed by atoms with van der Waals surface area (Å²) >= 11 is 3.32. The van der Waals surface area contributed by atoms with E-state index in [0.29, 0.717) is 39.8 Å². The summed E-state index contributed by atoms with van der Waals surface area (Å²) < 4.78 is 22.7. The number of nitrogens with zero attached hydrogens (tertiary/aromatic N) is 1. The topological polar surface area (TPSA) is 267 Å². The van der Waals surface area contributed by atoms with Gasteiger partial charge in [-0.15, -0.1) is 0 Å². The number of hydrogen-bond donors (Lipinski definition) is 3. The van der Waals surface area contributed by atoms with Crippen molar-refractivity contribution in [3.8, 4) is 6.07 Å². The third-order valence-electron chi connectivity index (χ3n) is 8.43. The molecule has 0 heterocycles. The summed E-state index contributed by atoms with van der Waals surface area (Å²) in [4.78, 5) is 86.1. The molecule has 0 saturated heterocycles. The smallest absolute Gasteiger partial charge is 0.337 e. The van der Waals surface area contributed by atoms with Crippen molar-refractivity contribution in [1.82, 2.24) is 0 Å². The summed E-state index contributed by atoms with van der Waals surface area (Å²) in [6.45, 7) is 0. The molecule has 0 aliphatic carbocycles. The normalized spacial score (nSPS) is 9.39. The first kappa shape index (κ1) is 56.8. The Bertz CT molecular complexity index is 2430. The summed E-state index contributed by atoms with van der Waals surface area (Å²) in [6, 6.07) is 34.8. The average Bonchev–Trinajstić information content (AvgIpc) is 3.34. The van der Waals surface area contributed by atoms with Gasteiger partial charge in [-0.3, -0.25) is 14.4 Å². The fourth-order valence-electron chi connectivity index (χ4n) is 4.92. The molecule has 0 aliphatic heterocycles. The Morgan fingerprint density at radius 2 is 0.687 bits per heavy atom. The zero-order valence-corrected chi connectivity index (χ0v) is 38.6. The predicted molar refractivity (Wildman–Crippen MR) is 245 cm³/mol. The van der Waals surface area contributed by atoms with E-state index in [1.165, 1.54) is 59.8 Å². The molecule has 0 aliphatic rings. The second-order valence-electron chi connectivity index (χ2n) is 13.1. The van der Waals surface area contributed by atoms with Crippen molar-refractivity contribution < 1.29 is 77.4 Å². The van der Waals surface area contributed by atoms with Crippen LogP contribution in [0.4, 0.5) is 0 Å². The highest BCUT2D eigenvalue weighted by Crippen LogP contribution is 2.11. The third kappa shape index (κ3) is 22.8. The van der Waals surface area contributed by atoms with E-state index in [-0.39, 0.29) is 48.7 Å². The highest BCUT2D eigenvalue weighted by atomic mass is 79.9. The molecular weight excluding hydrogens is 938 g/mol. The molecule has 0 unspecified atom stereocenters. The van der Waals surface area contributed by atoms with Gasteiger partial charge >= 0.3 is 47.8 Å². The van der Waals surface area contributed by atoms with Crippen LogP contribution in [0.25, 0.3) is 0 Å². The van der Waals surface area contributed by atoms with E-state index in [9.17, 15) is 38.4 Å². The van der Waals surface area contributed by atoms with Crippen LogP contribution in [0.3, 0.4) is 0 Å². The quantitative estimate of drug-likeness (QED) is 0.0597. The fourth-order valence-corrected chi connectivity index (χ4v) is 5.30. The standard InChI is InChI=1S/C11H12O4.C10H9NO2.C10H10O4.C9H9BrO2.C9H8O4/c1-14-10(12)7-8-3-5-9(6-4-8)11(13)15-2;1-13-10(12)9-4-2-8(3-5-9)6-7-11;1-14-10(13)8-4-2-7(3-5-8)6-9(11)12;1-12-9(11)8-4-2-7(6-10)3-5-8;10-8(11)5-6-1-3-7(4-2-6)9(12)13/h3-6H,7H2,1-2H3;2-5H,6H2,1H3;2-5H,6H2,1H3,(H,11,12);2-5H,6H2,1H3;1-4H,5H2,(H,10,11)(H,12,13). The molecule has 18 heteroatoms. The van der Waals surface area contributed by atoms with Gasteiger partial charge in [0.15, 0.2) is 0 Å². The number of carbonyl (C=O) groups excluding carboxylic acids is 5. The molecule has 0 saturated carbocycles. The van der Waals surface area contributed by atoms with E-state index in [1.807, 2.05) is 18.2 Å². The van der Waals surface area contributed by atoms with Crippen molar-refractivity contribution in [1.29, 1.82) is 5.26 Å². The number of methoxy groups -OCH3 is 5. The number of carbonyl (C=O) groups is 8. The molecular formula is C49H48BrNO16. The first-order valence-electron chi connectivity index (χ1n) is 19.4. The van der Waals surface area contributed by atoms with Crippen LogP contribution >= 0.6 is 15.9 Å². The van der Waals surface area contributed by atoms with Crippen LogP contribution in [-0.2, 0) is 69.1 Å². The molecule has 352 valence electrons. The number of rotatable bonds is 13. The Morgan fingerprint density at radius 3 is 0.925 bits per heavy atom. The number of carboxylic acids is 3. The number of alkyl halides is 1. The van der Waals surface area contributed by atoms with Crippen LogP contribution in [0.5, 0.6) is 0 Å². The maximum Gasteiger partial charge on any atom is 0.337 e. The average molecular weight is 987 g/mol. The summed E-state index contributed by atoms with van der Waals surface area (Å²) in [5, 5.41) is 34.7. The minimum absolute atomic E-state index is 0.0402. The number of benzene rings is 5. The molecule has 0 bridgehead atoms. The van der Waals surface area contributed by atoms with E-state index in [1.54, 1.807) is 84.9 Å². The van der Waals surface area contributed by atoms with Crippen LogP contribution in [0, 0.1) is 11.3 Å². The van der Waals surface area contributed by atoms with Gasteiger partial charge in [-0.25, -0.2) is 24.0 Å². The SMILES string of the molecule is COC(=O)Cc1ccc(C(=O)OC)cc1.COC(=O)c1ccc(CBr)cc1.COC(=O)c1ccc(CC#N)cc1.COC(=O)c1ccc(CC(=O)O)cc1.O=C(O)Cc1ccc(C(=O)O)cc1. The van der Waals surface area contributed by atoms with E-state index in [4.69, 9.17) is 20.6 Å². The maximum atomic E-state index is 11.1. The van der Waals surface area contributed by atoms with Crippen LogP contribution in [0.15, 0.2) is 121 Å². The molecule has 5 rings (SSSR count). The van der Waals surface area contributed by atoms with Crippen molar-refractivity contribution in [3.63, 3.8) is 0 Å². The largest absolute Gasteiger partial charge is 0.481 e. The molecule has 5 aromatic rings. The van der Waals surface area contributed by atoms with Gasteiger partial charge in [0.1, 0.15) is 0 Å². The number of aromatic carboxylic acids is 1.